The van der Waals surface area contributed by atoms with Crippen molar-refractivity contribution in [1.29, 1.82) is 0 Å². The fourth-order valence-corrected chi connectivity index (χ4v) is 2.17. The number of carbonyl (C=O) groups is 1. The molecule has 0 saturated carbocycles. The Kier molecular flexibility index (Phi) is 5.51. The summed E-state index contributed by atoms with van der Waals surface area (Å²) in [6, 6.07) is 1.51. The first kappa shape index (κ1) is 15.4. The third-order valence-corrected chi connectivity index (χ3v) is 4.12. The van der Waals surface area contributed by atoms with Crippen LogP contribution in [0.2, 0.25) is 5.15 Å². The van der Waals surface area contributed by atoms with Gasteiger partial charge in [0, 0.05) is 17.2 Å². The Morgan fingerprint density at radius 1 is 1.56 bits per heavy atom. The molecule has 0 bridgehead atoms. The number of hydrogen-bond donors (Lipinski definition) is 2. The van der Waals surface area contributed by atoms with Gasteiger partial charge in [-0.15, -0.1) is 0 Å². The van der Waals surface area contributed by atoms with Crippen LogP contribution >= 0.6 is 27.5 Å². The Bertz CT molecular complexity index is 550. The molecule has 1 amide bonds. The molecule has 0 aromatic carbocycles. The van der Waals surface area contributed by atoms with Crippen molar-refractivity contribution in [3.8, 4) is 0 Å². The van der Waals surface area contributed by atoms with E-state index in [9.17, 15) is 13.2 Å². The molecule has 2 N–H and O–H groups in total. The first-order chi connectivity index (χ1) is 8.35. The van der Waals surface area contributed by atoms with Crippen molar-refractivity contribution in [2.75, 3.05) is 19.3 Å². The van der Waals surface area contributed by atoms with Gasteiger partial charge in [-0.1, -0.05) is 11.6 Å². The lowest BCUT2D eigenvalue weighted by Gasteiger charge is -2.06. The predicted molar refractivity (Wildman–Crippen MR) is 72.1 cm³/mol. The lowest BCUT2D eigenvalue weighted by atomic mass is 10.3. The maximum atomic E-state index is 11.7. The molecule has 0 radical (unpaired) electrons. The highest BCUT2D eigenvalue weighted by Crippen LogP contribution is 2.17. The van der Waals surface area contributed by atoms with Crippen molar-refractivity contribution >= 4 is 43.5 Å². The number of carbonyl (C=O) groups excluding carboxylic acids is 1. The van der Waals surface area contributed by atoms with Crippen LogP contribution in [-0.4, -0.2) is 38.7 Å². The van der Waals surface area contributed by atoms with E-state index in [0.717, 1.165) is 0 Å². The van der Waals surface area contributed by atoms with Gasteiger partial charge in [-0.2, -0.15) is 0 Å². The molecule has 0 aliphatic carbocycles. The molecule has 0 saturated heterocycles. The van der Waals surface area contributed by atoms with Crippen LogP contribution in [0.1, 0.15) is 10.4 Å². The van der Waals surface area contributed by atoms with Crippen molar-refractivity contribution in [3.63, 3.8) is 0 Å². The second-order valence-corrected chi connectivity index (χ2v) is 6.59. The van der Waals surface area contributed by atoms with E-state index in [-0.39, 0.29) is 23.0 Å². The van der Waals surface area contributed by atoms with Crippen molar-refractivity contribution < 1.29 is 13.2 Å². The molecule has 9 heteroatoms. The molecular formula is C9H11BrClN3O3S. The molecule has 6 nitrogen and oxygen atoms in total. The van der Waals surface area contributed by atoms with E-state index < -0.39 is 15.9 Å². The first-order valence-corrected chi connectivity index (χ1v) is 7.68. The highest BCUT2D eigenvalue weighted by atomic mass is 79.9. The van der Waals surface area contributed by atoms with E-state index in [1.807, 2.05) is 0 Å². The molecule has 1 aromatic rings. The number of nitrogens with one attached hydrogen (secondary N) is 2. The molecule has 1 heterocycles. The second kappa shape index (κ2) is 6.46. The fourth-order valence-electron chi connectivity index (χ4n) is 1.08. The lowest BCUT2D eigenvalue weighted by Crippen LogP contribution is -2.33. The number of amides is 1. The third-order valence-electron chi connectivity index (χ3n) is 2.02. The highest BCUT2D eigenvalue weighted by Gasteiger charge is 2.13. The number of pyridine rings is 1. The summed E-state index contributed by atoms with van der Waals surface area (Å²) >= 11 is 8.93. The van der Waals surface area contributed by atoms with Crippen molar-refractivity contribution in [2.45, 2.75) is 0 Å². The van der Waals surface area contributed by atoms with Gasteiger partial charge in [0.05, 0.1) is 11.3 Å². The number of rotatable bonds is 5. The standard InChI is InChI=1S/C9H11BrClN3O3S/c1-12-18(16,17)3-2-13-9(15)7-4-6(10)5-14-8(7)11/h4-5,12H,2-3H2,1H3,(H,13,15). The van der Waals surface area contributed by atoms with Crippen molar-refractivity contribution in [3.05, 3.63) is 27.5 Å². The molecule has 0 aliphatic heterocycles. The summed E-state index contributed by atoms with van der Waals surface area (Å²) < 4.78 is 25.0. The monoisotopic (exact) mass is 355 g/mol. The van der Waals surface area contributed by atoms with Gasteiger partial charge in [0.15, 0.2) is 0 Å². The van der Waals surface area contributed by atoms with Crippen LogP contribution < -0.4 is 10.0 Å². The molecule has 0 aliphatic rings. The molecule has 0 atom stereocenters. The Morgan fingerprint density at radius 2 is 2.22 bits per heavy atom. The minimum Gasteiger partial charge on any atom is -0.351 e. The van der Waals surface area contributed by atoms with E-state index >= 15 is 0 Å². The molecule has 18 heavy (non-hydrogen) atoms. The first-order valence-electron chi connectivity index (χ1n) is 4.86. The number of sulfonamides is 1. The number of aromatic nitrogens is 1. The van der Waals surface area contributed by atoms with Crippen LogP contribution in [0.5, 0.6) is 0 Å². The molecule has 0 fully saturated rings. The summed E-state index contributed by atoms with van der Waals surface area (Å²) in [6.07, 6.45) is 1.46. The summed E-state index contributed by atoms with van der Waals surface area (Å²) in [7, 11) is -2.03. The largest absolute Gasteiger partial charge is 0.351 e. The van der Waals surface area contributed by atoms with Crippen molar-refractivity contribution in [1.82, 2.24) is 15.0 Å². The van der Waals surface area contributed by atoms with Gasteiger partial charge in [0.2, 0.25) is 10.0 Å². The Morgan fingerprint density at radius 3 is 2.83 bits per heavy atom. The van der Waals surface area contributed by atoms with Gasteiger partial charge in [0.25, 0.3) is 5.91 Å². The molecular weight excluding hydrogens is 346 g/mol. The zero-order chi connectivity index (χ0) is 13.8. The smallest absolute Gasteiger partial charge is 0.254 e. The van der Waals surface area contributed by atoms with Crippen LogP contribution in [0.15, 0.2) is 16.7 Å². The third kappa shape index (κ3) is 4.52. The van der Waals surface area contributed by atoms with E-state index in [4.69, 9.17) is 11.6 Å². The summed E-state index contributed by atoms with van der Waals surface area (Å²) in [6.45, 7) is -0.00908. The molecule has 1 rings (SSSR count). The van der Waals surface area contributed by atoms with Gasteiger partial charge in [-0.25, -0.2) is 18.1 Å². The van der Waals surface area contributed by atoms with Gasteiger partial charge in [0.1, 0.15) is 5.15 Å². The summed E-state index contributed by atoms with van der Waals surface area (Å²) in [4.78, 5) is 15.5. The maximum Gasteiger partial charge on any atom is 0.254 e. The van der Waals surface area contributed by atoms with E-state index in [1.54, 1.807) is 0 Å². The average Bonchev–Trinajstić information content (AvgIpc) is 2.32. The minimum atomic E-state index is -3.34. The molecule has 100 valence electrons. The predicted octanol–water partition coefficient (Wildman–Crippen LogP) is 0.776. The van der Waals surface area contributed by atoms with E-state index in [2.05, 4.69) is 31.0 Å². The number of nitrogens with zero attached hydrogens (tertiary/aromatic N) is 1. The summed E-state index contributed by atoms with van der Waals surface area (Å²) in [5, 5.41) is 2.52. The van der Waals surface area contributed by atoms with E-state index in [1.165, 1.54) is 19.3 Å². The molecule has 0 unspecified atom stereocenters. The zero-order valence-corrected chi connectivity index (χ0v) is 12.6. The van der Waals surface area contributed by atoms with Crippen LogP contribution in [0.4, 0.5) is 0 Å². The summed E-state index contributed by atoms with van der Waals surface area (Å²) in [5.41, 5.74) is 0.188. The lowest BCUT2D eigenvalue weighted by molar-refractivity contribution is 0.0956. The van der Waals surface area contributed by atoms with Crippen LogP contribution in [-0.2, 0) is 10.0 Å². The Hall–Kier alpha value is -0.700. The summed E-state index contributed by atoms with van der Waals surface area (Å²) in [5.74, 6) is -0.672. The highest BCUT2D eigenvalue weighted by molar-refractivity contribution is 9.10. The minimum absolute atomic E-state index is 0.00908. The van der Waals surface area contributed by atoms with Crippen LogP contribution in [0.3, 0.4) is 0 Å². The quantitative estimate of drug-likeness (QED) is 0.763. The molecule has 0 spiro atoms. The van der Waals surface area contributed by atoms with Crippen LogP contribution in [0, 0.1) is 0 Å². The molecule has 1 aromatic heterocycles. The van der Waals surface area contributed by atoms with Gasteiger partial charge < -0.3 is 5.32 Å². The normalized spacial score (nSPS) is 11.3. The van der Waals surface area contributed by atoms with Gasteiger partial charge >= 0.3 is 0 Å². The SMILES string of the molecule is CNS(=O)(=O)CCNC(=O)c1cc(Br)cnc1Cl. The topological polar surface area (TPSA) is 88.2 Å². The Balaban J connectivity index is 2.64. The number of hydrogen-bond acceptors (Lipinski definition) is 4. The maximum absolute atomic E-state index is 11.7. The Labute approximate surface area is 118 Å². The van der Waals surface area contributed by atoms with Gasteiger partial charge in [-0.3, -0.25) is 4.79 Å². The van der Waals surface area contributed by atoms with Crippen molar-refractivity contribution in [2.24, 2.45) is 0 Å². The van der Waals surface area contributed by atoms with Crippen LogP contribution in [0.25, 0.3) is 0 Å². The fraction of sp³-hybridized carbons (Fsp3) is 0.333. The average molecular weight is 357 g/mol. The van der Waals surface area contributed by atoms with Gasteiger partial charge in [-0.05, 0) is 29.0 Å². The van der Waals surface area contributed by atoms with E-state index in [0.29, 0.717) is 4.47 Å². The zero-order valence-electron chi connectivity index (χ0n) is 9.41. The second-order valence-electron chi connectivity index (χ2n) is 3.27. The number of halogens is 2.